The number of para-hydroxylation sites is 1. The summed E-state index contributed by atoms with van der Waals surface area (Å²) >= 11 is 0. The number of methoxy groups -OCH3 is 1. The van der Waals surface area contributed by atoms with Crippen LogP contribution in [0.25, 0.3) is 6.08 Å². The van der Waals surface area contributed by atoms with Crippen LogP contribution in [0.5, 0.6) is 0 Å². The van der Waals surface area contributed by atoms with Crippen LogP contribution in [-0.4, -0.2) is 54.8 Å². The number of hydrogen-bond acceptors (Lipinski definition) is 5. The first-order valence-corrected chi connectivity index (χ1v) is 11.0. The molecule has 2 aromatic carbocycles. The molecule has 0 radical (unpaired) electrons. The maximum Gasteiger partial charge on any atom is 0.235 e. The number of carbonyl (C=O) groups excluding carboxylic acids is 3. The topological polar surface area (TPSA) is 66.9 Å². The molecule has 2 saturated heterocycles. The van der Waals surface area contributed by atoms with E-state index in [2.05, 4.69) is 0 Å². The molecule has 5 rings (SSSR count). The highest BCUT2D eigenvalue weighted by Crippen LogP contribution is 2.49. The largest absolute Gasteiger partial charge is 0.385 e. The molecule has 32 heavy (non-hydrogen) atoms. The van der Waals surface area contributed by atoms with Gasteiger partial charge in [0, 0.05) is 31.5 Å². The normalized spacial score (nSPS) is 25.7. The third-order valence-electron chi connectivity index (χ3n) is 6.84. The first-order chi connectivity index (χ1) is 15.5. The zero-order chi connectivity index (χ0) is 22.4. The summed E-state index contributed by atoms with van der Waals surface area (Å²) in [5.74, 6) is -1.81. The Kier molecular flexibility index (Phi) is 5.18. The van der Waals surface area contributed by atoms with Crippen LogP contribution in [0.2, 0.25) is 0 Å². The predicted molar refractivity (Wildman–Crippen MR) is 121 cm³/mol. The molecule has 0 spiro atoms. The molecule has 2 fully saturated rings. The summed E-state index contributed by atoms with van der Waals surface area (Å²) in [6, 6.07) is 14.2. The van der Waals surface area contributed by atoms with Gasteiger partial charge in [0.1, 0.15) is 6.04 Å². The summed E-state index contributed by atoms with van der Waals surface area (Å²) in [6.07, 6.45) is 4.56. The molecular formula is C26H26N2O4. The molecule has 6 nitrogen and oxygen atoms in total. The fraction of sp³-hybridized carbons (Fsp3) is 0.346. The molecule has 3 aliphatic rings. The predicted octanol–water partition coefficient (Wildman–Crippen LogP) is 3.10. The molecule has 3 heterocycles. The number of rotatable bonds is 6. The number of fused-ring (bicyclic) bond motifs is 5. The van der Waals surface area contributed by atoms with Gasteiger partial charge in [0.25, 0.3) is 0 Å². The zero-order valence-corrected chi connectivity index (χ0v) is 18.2. The summed E-state index contributed by atoms with van der Waals surface area (Å²) in [5, 5.41) is 0. The number of ether oxygens (including phenoxy) is 1. The molecule has 2 amide bonds. The van der Waals surface area contributed by atoms with Crippen molar-refractivity contribution >= 4 is 29.4 Å². The highest BCUT2D eigenvalue weighted by atomic mass is 16.5. The number of ketones is 1. The number of benzene rings is 2. The Bertz CT molecular complexity index is 1110. The lowest BCUT2D eigenvalue weighted by Crippen LogP contribution is -2.48. The lowest BCUT2D eigenvalue weighted by Gasteiger charge is -2.36. The lowest BCUT2D eigenvalue weighted by molar-refractivity contribution is -0.140. The monoisotopic (exact) mass is 430 g/mol. The Morgan fingerprint density at radius 1 is 1.00 bits per heavy atom. The number of hydrogen-bond donors (Lipinski definition) is 0. The van der Waals surface area contributed by atoms with E-state index in [1.807, 2.05) is 72.5 Å². The number of imide groups is 1. The van der Waals surface area contributed by atoms with E-state index in [0.29, 0.717) is 25.1 Å². The minimum Gasteiger partial charge on any atom is -0.385 e. The average Bonchev–Trinajstić information content (AvgIpc) is 3.28. The maximum absolute atomic E-state index is 13.8. The van der Waals surface area contributed by atoms with Crippen LogP contribution in [-0.2, 0) is 14.3 Å². The van der Waals surface area contributed by atoms with Crippen molar-refractivity contribution in [2.45, 2.75) is 25.4 Å². The smallest absolute Gasteiger partial charge is 0.235 e. The van der Waals surface area contributed by atoms with Crippen molar-refractivity contribution in [2.24, 2.45) is 11.8 Å². The second kappa shape index (κ2) is 8.02. The second-order valence-corrected chi connectivity index (χ2v) is 8.72. The van der Waals surface area contributed by atoms with Crippen LogP contribution in [0.3, 0.4) is 0 Å². The fourth-order valence-electron chi connectivity index (χ4n) is 5.35. The lowest BCUT2D eigenvalue weighted by atomic mass is 9.86. The van der Waals surface area contributed by atoms with Gasteiger partial charge in [0.15, 0.2) is 5.78 Å². The van der Waals surface area contributed by atoms with Gasteiger partial charge < -0.3 is 9.64 Å². The SMILES string of the molecule is COCCCN1C(=O)[C@H]2[C@H](C1=O)[C@@H](C(=O)c1ccc(C)cc1)N1c3ccccc3C=C[C@H]21. The van der Waals surface area contributed by atoms with E-state index in [4.69, 9.17) is 4.74 Å². The molecule has 0 aromatic heterocycles. The Morgan fingerprint density at radius 3 is 2.47 bits per heavy atom. The highest BCUT2D eigenvalue weighted by Gasteiger charge is 2.63. The summed E-state index contributed by atoms with van der Waals surface area (Å²) in [7, 11) is 1.60. The molecule has 2 aromatic rings. The minimum absolute atomic E-state index is 0.118. The Morgan fingerprint density at radius 2 is 1.72 bits per heavy atom. The van der Waals surface area contributed by atoms with Gasteiger partial charge in [-0.05, 0) is 25.0 Å². The highest BCUT2D eigenvalue weighted by molar-refractivity contribution is 6.14. The van der Waals surface area contributed by atoms with Gasteiger partial charge in [-0.25, -0.2) is 0 Å². The van der Waals surface area contributed by atoms with E-state index in [-0.39, 0.29) is 23.6 Å². The van der Waals surface area contributed by atoms with Crippen LogP contribution in [0.15, 0.2) is 54.6 Å². The average molecular weight is 431 g/mol. The van der Waals surface area contributed by atoms with E-state index >= 15 is 0 Å². The number of carbonyl (C=O) groups is 3. The Balaban J connectivity index is 1.58. The van der Waals surface area contributed by atoms with Crippen LogP contribution in [0, 0.1) is 18.8 Å². The summed E-state index contributed by atoms with van der Waals surface area (Å²) in [5.41, 5.74) is 3.50. The van der Waals surface area contributed by atoms with E-state index in [9.17, 15) is 14.4 Å². The van der Waals surface area contributed by atoms with Crippen molar-refractivity contribution < 1.29 is 19.1 Å². The van der Waals surface area contributed by atoms with Crippen molar-refractivity contribution in [3.63, 3.8) is 0 Å². The van der Waals surface area contributed by atoms with Crippen LogP contribution in [0.4, 0.5) is 5.69 Å². The summed E-state index contributed by atoms with van der Waals surface area (Å²) in [6.45, 7) is 2.76. The Hall–Kier alpha value is -3.25. The van der Waals surface area contributed by atoms with Gasteiger partial charge >= 0.3 is 0 Å². The fourth-order valence-corrected chi connectivity index (χ4v) is 5.35. The molecule has 0 bridgehead atoms. The molecule has 0 N–H and O–H groups in total. The first kappa shape index (κ1) is 20.6. The summed E-state index contributed by atoms with van der Waals surface area (Å²) < 4.78 is 5.10. The van der Waals surface area contributed by atoms with Crippen LogP contribution in [0.1, 0.15) is 27.9 Å². The van der Waals surface area contributed by atoms with Crippen molar-refractivity contribution in [3.05, 3.63) is 71.3 Å². The van der Waals surface area contributed by atoms with E-state index < -0.39 is 17.9 Å². The minimum atomic E-state index is -0.720. The number of anilines is 1. The van der Waals surface area contributed by atoms with Gasteiger partial charge in [0.05, 0.1) is 17.9 Å². The van der Waals surface area contributed by atoms with Gasteiger partial charge in [-0.15, -0.1) is 0 Å². The molecule has 164 valence electrons. The van der Waals surface area contributed by atoms with Crippen molar-refractivity contribution in [2.75, 3.05) is 25.2 Å². The van der Waals surface area contributed by atoms with E-state index in [1.54, 1.807) is 7.11 Å². The third-order valence-corrected chi connectivity index (χ3v) is 6.84. The standard InChI is InChI=1S/C26H26N2O4/c1-16-8-10-18(11-9-16)24(29)23-22-21(25(30)27(26(22)31)14-5-15-32-2)20-13-12-17-6-3-4-7-19(17)28(20)23/h3-4,6-13,20-23H,5,14-15H2,1-2H3/t20-,21-,22+,23+/m1/s1. The number of Topliss-reactive ketones (excluding diaryl/α,β-unsaturated/α-hetero) is 1. The molecule has 4 atom stereocenters. The maximum atomic E-state index is 13.8. The van der Waals surface area contributed by atoms with Crippen molar-refractivity contribution in [1.29, 1.82) is 0 Å². The van der Waals surface area contributed by atoms with Crippen LogP contribution >= 0.6 is 0 Å². The molecule has 3 aliphatic heterocycles. The number of nitrogens with zero attached hydrogens (tertiary/aromatic N) is 2. The number of amides is 2. The van der Waals surface area contributed by atoms with E-state index in [1.165, 1.54) is 4.90 Å². The van der Waals surface area contributed by atoms with Gasteiger partial charge in [-0.2, -0.15) is 0 Å². The van der Waals surface area contributed by atoms with Crippen LogP contribution < -0.4 is 4.90 Å². The van der Waals surface area contributed by atoms with Gasteiger partial charge in [-0.1, -0.05) is 60.2 Å². The summed E-state index contributed by atoms with van der Waals surface area (Å²) in [4.78, 5) is 44.1. The number of likely N-dealkylation sites (tertiary alicyclic amines) is 1. The van der Waals surface area contributed by atoms with Gasteiger partial charge in [-0.3, -0.25) is 19.3 Å². The second-order valence-electron chi connectivity index (χ2n) is 8.72. The van der Waals surface area contributed by atoms with Gasteiger partial charge in [0.2, 0.25) is 11.8 Å². The van der Waals surface area contributed by atoms with Crippen molar-refractivity contribution in [3.8, 4) is 0 Å². The first-order valence-electron chi connectivity index (χ1n) is 11.0. The van der Waals surface area contributed by atoms with E-state index in [0.717, 1.165) is 16.8 Å². The number of aryl methyl sites for hydroxylation is 1. The Labute approximate surface area is 187 Å². The molecular weight excluding hydrogens is 404 g/mol. The molecule has 0 saturated carbocycles. The quantitative estimate of drug-likeness (QED) is 0.400. The zero-order valence-electron chi connectivity index (χ0n) is 18.2. The molecule has 6 heteroatoms. The van der Waals surface area contributed by atoms with Crippen molar-refractivity contribution in [1.82, 2.24) is 4.90 Å². The third kappa shape index (κ3) is 3.09. The molecule has 0 aliphatic carbocycles. The molecule has 0 unspecified atom stereocenters.